The second-order valence-corrected chi connectivity index (χ2v) is 3.95. The summed E-state index contributed by atoms with van der Waals surface area (Å²) >= 11 is 0. The zero-order valence-electron chi connectivity index (χ0n) is 11.3. The van der Waals surface area contributed by atoms with E-state index in [9.17, 15) is 0 Å². The third-order valence-corrected chi connectivity index (χ3v) is 2.49. The van der Waals surface area contributed by atoms with Crippen molar-refractivity contribution in [3.8, 4) is 11.5 Å². The number of hydrogen-bond donors (Lipinski definition) is 1. The molecule has 1 aromatic rings. The van der Waals surface area contributed by atoms with Gasteiger partial charge >= 0.3 is 0 Å². The van der Waals surface area contributed by atoms with Gasteiger partial charge in [0.25, 0.3) is 0 Å². The van der Waals surface area contributed by atoms with Gasteiger partial charge in [-0.05, 0) is 37.6 Å². The molecule has 0 fully saturated rings. The van der Waals surface area contributed by atoms with E-state index in [-0.39, 0.29) is 0 Å². The Kier molecular flexibility index (Phi) is 7.22. The van der Waals surface area contributed by atoms with Crippen molar-refractivity contribution in [3.63, 3.8) is 0 Å². The van der Waals surface area contributed by atoms with E-state index in [0.717, 1.165) is 24.3 Å². The average Bonchev–Trinajstić information content (AvgIpc) is 2.37. The van der Waals surface area contributed by atoms with Crippen LogP contribution in [0.4, 0.5) is 0 Å². The predicted octanol–water partition coefficient (Wildman–Crippen LogP) is 2.00. The Labute approximate surface area is 109 Å². The molecule has 0 radical (unpaired) electrons. The molecule has 0 unspecified atom stereocenters. The molecule has 0 aliphatic heterocycles. The van der Waals surface area contributed by atoms with Crippen LogP contribution in [0.15, 0.2) is 18.2 Å². The lowest BCUT2D eigenvalue weighted by Crippen LogP contribution is -2.05. The molecule has 102 valence electrons. The Bertz CT molecular complexity index is 342. The van der Waals surface area contributed by atoms with Gasteiger partial charge in [-0.25, -0.2) is 0 Å². The van der Waals surface area contributed by atoms with Gasteiger partial charge in [0.1, 0.15) is 0 Å². The van der Waals surface area contributed by atoms with Crippen molar-refractivity contribution in [2.24, 2.45) is 5.73 Å². The highest BCUT2D eigenvalue weighted by molar-refractivity contribution is 5.43. The molecule has 0 heterocycles. The van der Waals surface area contributed by atoms with Gasteiger partial charge in [-0.3, -0.25) is 0 Å². The first-order chi connectivity index (χ1) is 8.81. The molecule has 4 nitrogen and oxygen atoms in total. The lowest BCUT2D eigenvalue weighted by Gasteiger charge is -2.13. The Morgan fingerprint density at radius 1 is 1.11 bits per heavy atom. The van der Waals surface area contributed by atoms with E-state index in [0.29, 0.717) is 26.4 Å². The maximum atomic E-state index is 5.69. The van der Waals surface area contributed by atoms with E-state index in [1.54, 1.807) is 7.11 Å². The zero-order chi connectivity index (χ0) is 13.2. The van der Waals surface area contributed by atoms with Gasteiger partial charge in [0.05, 0.1) is 13.2 Å². The molecular formula is C14H23NO3. The Hall–Kier alpha value is -1.26. The van der Waals surface area contributed by atoms with Crippen LogP contribution in [0.3, 0.4) is 0 Å². The fourth-order valence-electron chi connectivity index (χ4n) is 1.65. The summed E-state index contributed by atoms with van der Waals surface area (Å²) in [6, 6.07) is 5.98. The van der Waals surface area contributed by atoms with E-state index in [4.69, 9.17) is 19.9 Å². The van der Waals surface area contributed by atoms with E-state index >= 15 is 0 Å². The van der Waals surface area contributed by atoms with Crippen molar-refractivity contribution >= 4 is 0 Å². The molecule has 0 atom stereocenters. The van der Waals surface area contributed by atoms with E-state index in [2.05, 4.69) is 0 Å². The number of ether oxygens (including phenoxy) is 3. The quantitative estimate of drug-likeness (QED) is 0.684. The minimum atomic E-state index is 0.626. The maximum Gasteiger partial charge on any atom is 0.161 e. The number of rotatable bonds is 9. The smallest absolute Gasteiger partial charge is 0.161 e. The van der Waals surface area contributed by atoms with Gasteiger partial charge in [0, 0.05) is 20.1 Å². The van der Waals surface area contributed by atoms with Crippen molar-refractivity contribution in [1.82, 2.24) is 0 Å². The highest BCUT2D eigenvalue weighted by Crippen LogP contribution is 2.28. The first-order valence-electron chi connectivity index (χ1n) is 6.39. The molecule has 0 saturated carbocycles. The minimum absolute atomic E-state index is 0.626. The topological polar surface area (TPSA) is 53.7 Å². The summed E-state index contributed by atoms with van der Waals surface area (Å²) in [5.74, 6) is 1.58. The molecule has 2 N–H and O–H groups in total. The fourth-order valence-corrected chi connectivity index (χ4v) is 1.65. The summed E-state index contributed by atoms with van der Waals surface area (Å²) in [5.41, 5.74) is 6.72. The largest absolute Gasteiger partial charge is 0.490 e. The van der Waals surface area contributed by atoms with Crippen molar-refractivity contribution < 1.29 is 14.2 Å². The Morgan fingerprint density at radius 2 is 1.94 bits per heavy atom. The number of hydrogen-bond acceptors (Lipinski definition) is 4. The summed E-state index contributed by atoms with van der Waals surface area (Å²) in [4.78, 5) is 0. The van der Waals surface area contributed by atoms with Crippen LogP contribution >= 0.6 is 0 Å². The lowest BCUT2D eigenvalue weighted by atomic mass is 10.1. The second kappa shape index (κ2) is 8.78. The van der Waals surface area contributed by atoms with Crippen LogP contribution in [0.2, 0.25) is 0 Å². The standard InChI is InChI=1S/C14H23NO3/c1-3-17-14-11-12(7-8-15)5-6-13(14)18-10-4-9-16-2/h5-6,11H,3-4,7-10,15H2,1-2H3. The molecule has 0 aliphatic carbocycles. The molecule has 1 rings (SSSR count). The molecule has 0 aliphatic rings. The van der Waals surface area contributed by atoms with Crippen LogP contribution in [0.5, 0.6) is 11.5 Å². The normalized spacial score (nSPS) is 10.4. The molecule has 0 amide bonds. The first-order valence-corrected chi connectivity index (χ1v) is 6.39. The summed E-state index contributed by atoms with van der Waals surface area (Å²) in [6.07, 6.45) is 1.72. The van der Waals surface area contributed by atoms with E-state index < -0.39 is 0 Å². The van der Waals surface area contributed by atoms with Crippen molar-refractivity contribution in [1.29, 1.82) is 0 Å². The third-order valence-electron chi connectivity index (χ3n) is 2.49. The number of nitrogens with two attached hydrogens (primary N) is 1. The molecule has 0 saturated heterocycles. The van der Waals surface area contributed by atoms with Gasteiger partial charge in [0.2, 0.25) is 0 Å². The molecule has 0 bridgehead atoms. The van der Waals surface area contributed by atoms with Gasteiger partial charge in [-0.2, -0.15) is 0 Å². The third kappa shape index (κ3) is 4.94. The average molecular weight is 253 g/mol. The van der Waals surface area contributed by atoms with Gasteiger partial charge < -0.3 is 19.9 Å². The molecule has 18 heavy (non-hydrogen) atoms. The van der Waals surface area contributed by atoms with Crippen molar-refractivity contribution in [3.05, 3.63) is 23.8 Å². The Balaban J connectivity index is 2.63. The first kappa shape index (κ1) is 14.8. The predicted molar refractivity (Wildman–Crippen MR) is 72.4 cm³/mol. The van der Waals surface area contributed by atoms with Crippen molar-refractivity contribution in [2.75, 3.05) is 33.5 Å². The summed E-state index contributed by atoms with van der Waals surface area (Å²) < 4.78 is 16.3. The molecule has 4 heteroatoms. The van der Waals surface area contributed by atoms with Gasteiger partial charge in [0.15, 0.2) is 11.5 Å². The molecule has 0 aromatic heterocycles. The summed E-state index contributed by atoms with van der Waals surface area (Å²) in [6.45, 7) is 4.56. The molecule has 1 aromatic carbocycles. The molecule has 0 spiro atoms. The maximum absolute atomic E-state index is 5.69. The number of benzene rings is 1. The van der Waals surface area contributed by atoms with Gasteiger partial charge in [-0.15, -0.1) is 0 Å². The fraction of sp³-hybridized carbons (Fsp3) is 0.571. The van der Waals surface area contributed by atoms with Crippen LogP contribution < -0.4 is 15.2 Å². The lowest BCUT2D eigenvalue weighted by molar-refractivity contribution is 0.170. The zero-order valence-corrected chi connectivity index (χ0v) is 11.3. The second-order valence-electron chi connectivity index (χ2n) is 3.95. The number of methoxy groups -OCH3 is 1. The van der Waals surface area contributed by atoms with Crippen LogP contribution in [-0.4, -0.2) is 33.5 Å². The van der Waals surface area contributed by atoms with Crippen molar-refractivity contribution in [2.45, 2.75) is 19.8 Å². The van der Waals surface area contributed by atoms with E-state index in [1.165, 1.54) is 5.56 Å². The van der Waals surface area contributed by atoms with Crippen LogP contribution in [0.1, 0.15) is 18.9 Å². The van der Waals surface area contributed by atoms with Crippen LogP contribution in [0.25, 0.3) is 0 Å². The monoisotopic (exact) mass is 253 g/mol. The highest BCUT2D eigenvalue weighted by atomic mass is 16.5. The summed E-state index contributed by atoms with van der Waals surface area (Å²) in [7, 11) is 1.69. The molecular weight excluding hydrogens is 230 g/mol. The van der Waals surface area contributed by atoms with Crippen LogP contribution in [-0.2, 0) is 11.2 Å². The van der Waals surface area contributed by atoms with Crippen LogP contribution in [0, 0.1) is 0 Å². The van der Waals surface area contributed by atoms with E-state index in [1.807, 2.05) is 25.1 Å². The van der Waals surface area contributed by atoms with Gasteiger partial charge in [-0.1, -0.05) is 6.07 Å². The Morgan fingerprint density at radius 3 is 2.61 bits per heavy atom. The SMILES string of the molecule is CCOc1cc(CCN)ccc1OCCCOC. The summed E-state index contributed by atoms with van der Waals surface area (Å²) in [5, 5.41) is 0. The minimum Gasteiger partial charge on any atom is -0.490 e. The highest BCUT2D eigenvalue weighted by Gasteiger charge is 2.06.